The molecule has 0 spiro atoms. The van der Waals surface area contributed by atoms with Crippen molar-refractivity contribution in [1.29, 1.82) is 0 Å². The van der Waals surface area contributed by atoms with Gasteiger partial charge in [-0.05, 0) is 110 Å². The summed E-state index contributed by atoms with van der Waals surface area (Å²) >= 11 is 0. The minimum Gasteiger partial charge on any atom is -0.466 e. The maximum Gasteiger partial charge on any atom is 0.302 e. The molecule has 0 radical (unpaired) electrons. The summed E-state index contributed by atoms with van der Waals surface area (Å²) in [7, 11) is 0. The minimum absolute atomic E-state index is 0.166. The molecule has 0 aromatic rings. The Morgan fingerprint density at radius 2 is 1.74 bits per heavy atom. The highest BCUT2D eigenvalue weighted by Crippen LogP contribution is 2.68. The van der Waals surface area contributed by atoms with Crippen LogP contribution in [-0.4, -0.2) is 12.6 Å². The molecule has 31 heavy (non-hydrogen) atoms. The molecule has 9 atom stereocenters. The smallest absolute Gasteiger partial charge is 0.302 e. The number of carbonyl (C=O) groups is 1. The molecule has 0 saturated heterocycles. The molecule has 0 amide bonds. The fourth-order valence-electron chi connectivity index (χ4n) is 9.19. The highest BCUT2D eigenvalue weighted by Gasteiger charge is 2.59. The Kier molecular flexibility index (Phi) is 6.95. The van der Waals surface area contributed by atoms with Crippen LogP contribution in [0.1, 0.15) is 105 Å². The maximum absolute atomic E-state index is 11.0. The van der Waals surface area contributed by atoms with Crippen LogP contribution in [0.4, 0.5) is 0 Å². The Bertz CT molecular complexity index is 668. The third-order valence-corrected chi connectivity index (χ3v) is 10.8. The lowest BCUT2D eigenvalue weighted by Crippen LogP contribution is -2.53. The van der Waals surface area contributed by atoms with E-state index in [1.165, 1.54) is 71.1 Å². The molecule has 4 saturated carbocycles. The van der Waals surface area contributed by atoms with Gasteiger partial charge in [0.15, 0.2) is 0 Å². The first-order chi connectivity index (χ1) is 14.8. The van der Waals surface area contributed by atoms with Crippen molar-refractivity contribution in [2.24, 2.45) is 52.3 Å². The summed E-state index contributed by atoms with van der Waals surface area (Å²) in [6, 6.07) is 0. The standard InChI is InChI=1S/C29H48O2/c1-20(19-31-22(3)30)9-8-10-21(2)25-14-15-26-24-13-12-23-11-6-7-17-28(23,4)27(24)16-18-29(25,26)5/h8,10,20-21,23-27H,6-7,9,11-19H2,1-5H3/t20?,21-,23-,24+,25-,26+,27+,28+,29-/m1/s1. The molecule has 2 heteroatoms. The second-order valence-corrected chi connectivity index (χ2v) is 12.6. The van der Waals surface area contributed by atoms with E-state index in [0.29, 0.717) is 29.3 Å². The fraction of sp³-hybridized carbons (Fsp3) is 0.897. The fourth-order valence-corrected chi connectivity index (χ4v) is 9.19. The van der Waals surface area contributed by atoms with E-state index in [1.54, 1.807) is 0 Å². The summed E-state index contributed by atoms with van der Waals surface area (Å²) in [5.41, 5.74) is 1.20. The molecule has 0 aromatic heterocycles. The molecule has 4 aliphatic carbocycles. The number of allylic oxidation sites excluding steroid dienone is 2. The number of hydrogen-bond acceptors (Lipinski definition) is 2. The van der Waals surface area contributed by atoms with E-state index in [1.807, 2.05) is 0 Å². The largest absolute Gasteiger partial charge is 0.466 e. The lowest BCUT2D eigenvalue weighted by Gasteiger charge is -2.60. The second kappa shape index (κ2) is 9.22. The van der Waals surface area contributed by atoms with Crippen molar-refractivity contribution in [3.63, 3.8) is 0 Å². The molecule has 0 N–H and O–H groups in total. The van der Waals surface area contributed by atoms with Crippen molar-refractivity contribution >= 4 is 5.97 Å². The van der Waals surface area contributed by atoms with Gasteiger partial charge in [0, 0.05) is 6.92 Å². The zero-order chi connectivity index (χ0) is 22.2. The van der Waals surface area contributed by atoms with Gasteiger partial charge in [-0.15, -0.1) is 0 Å². The summed E-state index contributed by atoms with van der Waals surface area (Å²) in [6.07, 6.45) is 20.8. The van der Waals surface area contributed by atoms with Crippen molar-refractivity contribution in [3.05, 3.63) is 12.2 Å². The van der Waals surface area contributed by atoms with Gasteiger partial charge < -0.3 is 4.74 Å². The molecule has 4 rings (SSSR count). The quantitative estimate of drug-likeness (QED) is 0.318. The van der Waals surface area contributed by atoms with E-state index < -0.39 is 0 Å². The van der Waals surface area contributed by atoms with E-state index in [9.17, 15) is 4.79 Å². The number of esters is 1. The van der Waals surface area contributed by atoms with Crippen molar-refractivity contribution in [2.45, 2.75) is 105 Å². The molecule has 0 aromatic carbocycles. The SMILES string of the molecule is CC(=O)OCC(C)CC=C[C@@H](C)[C@H]1CC[C@H]2[C@@H]3CC[C@H]4CCCC[C@]4(C)[C@H]3CC[C@]12C. The van der Waals surface area contributed by atoms with Gasteiger partial charge in [-0.2, -0.15) is 0 Å². The Morgan fingerprint density at radius 3 is 2.52 bits per heavy atom. The number of rotatable bonds is 6. The summed E-state index contributed by atoms with van der Waals surface area (Å²) in [6.45, 7) is 12.1. The normalized spacial score (nSPS) is 44.2. The minimum atomic E-state index is -0.166. The highest BCUT2D eigenvalue weighted by atomic mass is 16.5. The van der Waals surface area contributed by atoms with Crippen LogP contribution in [0, 0.1) is 52.3 Å². The third-order valence-electron chi connectivity index (χ3n) is 10.8. The first kappa shape index (κ1) is 23.4. The Balaban J connectivity index is 1.39. The zero-order valence-electron chi connectivity index (χ0n) is 21.0. The lowest BCUT2D eigenvalue weighted by molar-refractivity contribution is -0.142. The van der Waals surface area contributed by atoms with Gasteiger partial charge in [0.2, 0.25) is 0 Å². The molecule has 4 aliphatic rings. The highest BCUT2D eigenvalue weighted by molar-refractivity contribution is 5.65. The Morgan fingerprint density at radius 1 is 0.968 bits per heavy atom. The van der Waals surface area contributed by atoms with Crippen LogP contribution in [0.3, 0.4) is 0 Å². The first-order valence-corrected chi connectivity index (χ1v) is 13.6. The molecule has 0 aliphatic heterocycles. The topological polar surface area (TPSA) is 26.3 Å². The summed E-state index contributed by atoms with van der Waals surface area (Å²) in [4.78, 5) is 11.0. The Labute approximate surface area is 192 Å². The molecule has 176 valence electrons. The summed E-state index contributed by atoms with van der Waals surface area (Å²) in [5.74, 6) is 5.75. The number of ether oxygens (including phenoxy) is 1. The predicted molar refractivity (Wildman–Crippen MR) is 129 cm³/mol. The van der Waals surface area contributed by atoms with Gasteiger partial charge in [-0.3, -0.25) is 4.79 Å². The number of fused-ring (bicyclic) bond motifs is 5. The van der Waals surface area contributed by atoms with Crippen LogP contribution in [0.25, 0.3) is 0 Å². The van der Waals surface area contributed by atoms with Gasteiger partial charge in [-0.1, -0.05) is 52.7 Å². The number of hydrogen-bond donors (Lipinski definition) is 0. The lowest BCUT2D eigenvalue weighted by atomic mass is 9.44. The molecule has 1 unspecified atom stereocenters. The van der Waals surface area contributed by atoms with E-state index in [2.05, 4.69) is 39.8 Å². The van der Waals surface area contributed by atoms with Crippen LogP contribution < -0.4 is 0 Å². The molecular formula is C29H48O2. The van der Waals surface area contributed by atoms with Crippen molar-refractivity contribution < 1.29 is 9.53 Å². The van der Waals surface area contributed by atoms with Crippen molar-refractivity contribution in [3.8, 4) is 0 Å². The van der Waals surface area contributed by atoms with Gasteiger partial charge >= 0.3 is 5.97 Å². The zero-order valence-corrected chi connectivity index (χ0v) is 21.0. The van der Waals surface area contributed by atoms with Crippen molar-refractivity contribution in [1.82, 2.24) is 0 Å². The maximum atomic E-state index is 11.0. The van der Waals surface area contributed by atoms with Gasteiger partial charge in [0.05, 0.1) is 6.61 Å². The van der Waals surface area contributed by atoms with E-state index in [4.69, 9.17) is 4.74 Å². The van der Waals surface area contributed by atoms with Crippen LogP contribution in [0.5, 0.6) is 0 Å². The van der Waals surface area contributed by atoms with E-state index in [-0.39, 0.29) is 5.97 Å². The first-order valence-electron chi connectivity index (χ1n) is 13.6. The van der Waals surface area contributed by atoms with Gasteiger partial charge in [-0.25, -0.2) is 0 Å². The average molecular weight is 429 g/mol. The number of carbonyl (C=O) groups excluding carboxylic acids is 1. The van der Waals surface area contributed by atoms with Crippen LogP contribution >= 0.6 is 0 Å². The molecular weight excluding hydrogens is 380 g/mol. The monoisotopic (exact) mass is 428 g/mol. The van der Waals surface area contributed by atoms with E-state index in [0.717, 1.165) is 36.0 Å². The molecule has 0 bridgehead atoms. The molecule has 0 heterocycles. The summed E-state index contributed by atoms with van der Waals surface area (Å²) < 4.78 is 5.17. The van der Waals surface area contributed by atoms with Crippen LogP contribution in [-0.2, 0) is 9.53 Å². The van der Waals surface area contributed by atoms with Crippen LogP contribution in [0.15, 0.2) is 12.2 Å². The van der Waals surface area contributed by atoms with Gasteiger partial charge in [0.25, 0.3) is 0 Å². The Hall–Kier alpha value is -0.790. The van der Waals surface area contributed by atoms with Crippen LogP contribution in [0.2, 0.25) is 0 Å². The third kappa shape index (κ3) is 4.39. The van der Waals surface area contributed by atoms with Gasteiger partial charge in [0.1, 0.15) is 0 Å². The van der Waals surface area contributed by atoms with E-state index >= 15 is 0 Å². The predicted octanol–water partition coefficient (Wildman–Crippen LogP) is 7.82. The summed E-state index contributed by atoms with van der Waals surface area (Å²) in [5, 5.41) is 0. The van der Waals surface area contributed by atoms with Crippen molar-refractivity contribution in [2.75, 3.05) is 6.61 Å². The molecule has 2 nitrogen and oxygen atoms in total. The second-order valence-electron chi connectivity index (χ2n) is 12.6. The average Bonchev–Trinajstić information content (AvgIpc) is 3.09. The molecule has 4 fully saturated rings.